The molecule has 0 atom stereocenters. The fourth-order valence-electron chi connectivity index (χ4n) is 1.72. The third-order valence-electron chi connectivity index (χ3n) is 2.74. The Morgan fingerprint density at radius 3 is 2.15 bits per heavy atom. The van der Waals surface area contributed by atoms with Gasteiger partial charge in [-0.15, -0.1) is 0 Å². The summed E-state index contributed by atoms with van der Waals surface area (Å²) in [6.45, 7) is 0. The van der Waals surface area contributed by atoms with Gasteiger partial charge in [-0.3, -0.25) is 0 Å². The molecule has 0 heterocycles. The smallest absolute Gasteiger partial charge is 0.416 e. The summed E-state index contributed by atoms with van der Waals surface area (Å²) in [6, 6.07) is 9.18. The highest BCUT2D eigenvalue weighted by Crippen LogP contribution is 2.32. The Bertz CT molecular complexity index is 648. The summed E-state index contributed by atoms with van der Waals surface area (Å²) >= 11 is 2.01. The van der Waals surface area contributed by atoms with Crippen molar-refractivity contribution in [3.05, 3.63) is 57.2 Å². The van der Waals surface area contributed by atoms with E-state index < -0.39 is 17.7 Å². The van der Waals surface area contributed by atoms with Gasteiger partial charge in [0, 0.05) is 3.57 Å². The number of aromatic carboxylic acids is 1. The predicted octanol–water partition coefficient (Wildman–Crippen LogP) is 4.68. The van der Waals surface area contributed by atoms with Gasteiger partial charge in [0.05, 0.1) is 11.1 Å². The summed E-state index contributed by atoms with van der Waals surface area (Å²) in [5, 5.41) is 8.95. The Balaban J connectivity index is 2.46. The molecule has 0 unspecified atom stereocenters. The summed E-state index contributed by atoms with van der Waals surface area (Å²) in [4.78, 5) is 10.9. The highest BCUT2D eigenvalue weighted by Gasteiger charge is 2.30. The van der Waals surface area contributed by atoms with Crippen LogP contribution in [0.2, 0.25) is 0 Å². The van der Waals surface area contributed by atoms with E-state index in [1.54, 1.807) is 6.07 Å². The molecule has 0 saturated heterocycles. The highest BCUT2D eigenvalue weighted by atomic mass is 127. The van der Waals surface area contributed by atoms with E-state index in [9.17, 15) is 18.0 Å². The summed E-state index contributed by atoms with van der Waals surface area (Å²) < 4.78 is 38.2. The van der Waals surface area contributed by atoms with Crippen LogP contribution in [0.4, 0.5) is 13.2 Å². The van der Waals surface area contributed by atoms with Crippen LogP contribution in [-0.2, 0) is 6.18 Å². The highest BCUT2D eigenvalue weighted by molar-refractivity contribution is 14.1. The number of carboxylic acid groups (broad SMARTS) is 1. The number of alkyl halides is 3. The Hall–Kier alpha value is -1.57. The van der Waals surface area contributed by atoms with Gasteiger partial charge in [-0.1, -0.05) is 12.1 Å². The fourth-order valence-corrected chi connectivity index (χ4v) is 2.37. The largest absolute Gasteiger partial charge is 0.478 e. The fraction of sp³-hybridized carbons (Fsp3) is 0.0714. The van der Waals surface area contributed by atoms with Crippen molar-refractivity contribution in [1.29, 1.82) is 0 Å². The first-order valence-electron chi connectivity index (χ1n) is 5.49. The Morgan fingerprint density at radius 2 is 1.65 bits per heavy atom. The Kier molecular flexibility index (Phi) is 4.03. The maximum atomic E-state index is 12.5. The molecule has 1 N–H and O–H groups in total. The molecule has 2 rings (SSSR count). The van der Waals surface area contributed by atoms with Crippen molar-refractivity contribution in [2.45, 2.75) is 6.18 Å². The van der Waals surface area contributed by atoms with E-state index in [2.05, 4.69) is 0 Å². The molecule has 0 fully saturated rings. The lowest BCUT2D eigenvalue weighted by Gasteiger charge is -2.09. The second kappa shape index (κ2) is 5.43. The van der Waals surface area contributed by atoms with E-state index in [-0.39, 0.29) is 5.56 Å². The molecule has 0 aromatic heterocycles. The zero-order chi connectivity index (χ0) is 14.9. The van der Waals surface area contributed by atoms with E-state index in [1.165, 1.54) is 24.3 Å². The van der Waals surface area contributed by atoms with Gasteiger partial charge in [0.2, 0.25) is 0 Å². The summed E-state index contributed by atoms with van der Waals surface area (Å²) in [5.74, 6) is -1.07. The normalized spacial score (nSPS) is 11.4. The zero-order valence-electron chi connectivity index (χ0n) is 9.91. The molecule has 0 amide bonds. The topological polar surface area (TPSA) is 37.3 Å². The van der Waals surface area contributed by atoms with Crippen LogP contribution in [0.25, 0.3) is 11.1 Å². The maximum absolute atomic E-state index is 12.5. The van der Waals surface area contributed by atoms with Crippen molar-refractivity contribution >= 4 is 28.6 Å². The number of carbonyl (C=O) groups is 1. The van der Waals surface area contributed by atoms with Crippen molar-refractivity contribution in [3.63, 3.8) is 0 Å². The number of halogens is 4. The van der Waals surface area contributed by atoms with E-state index in [0.29, 0.717) is 11.1 Å². The quantitative estimate of drug-likeness (QED) is 0.755. The molecule has 20 heavy (non-hydrogen) atoms. The molecule has 0 bridgehead atoms. The Labute approximate surface area is 126 Å². The van der Waals surface area contributed by atoms with E-state index in [1.807, 2.05) is 22.6 Å². The molecular formula is C14H8F3IO2. The molecule has 0 aliphatic heterocycles. The van der Waals surface area contributed by atoms with Crippen molar-refractivity contribution in [1.82, 2.24) is 0 Å². The lowest BCUT2D eigenvalue weighted by molar-refractivity contribution is -0.137. The van der Waals surface area contributed by atoms with Crippen LogP contribution < -0.4 is 0 Å². The third-order valence-corrected chi connectivity index (χ3v) is 3.68. The number of hydrogen-bond donors (Lipinski definition) is 1. The number of benzene rings is 2. The molecule has 0 aliphatic carbocycles. The average molecular weight is 392 g/mol. The summed E-state index contributed by atoms with van der Waals surface area (Å²) in [5.41, 5.74) is 0.510. The van der Waals surface area contributed by atoms with Crippen molar-refractivity contribution < 1.29 is 23.1 Å². The second-order valence-electron chi connectivity index (χ2n) is 4.07. The van der Waals surface area contributed by atoms with E-state index >= 15 is 0 Å². The van der Waals surface area contributed by atoms with Gasteiger partial charge in [-0.05, 0) is 64.0 Å². The van der Waals surface area contributed by atoms with Crippen LogP contribution in [0.1, 0.15) is 15.9 Å². The molecule has 2 nitrogen and oxygen atoms in total. The first kappa shape index (κ1) is 14.8. The standard InChI is InChI=1S/C14H8F3IO2/c15-14(16,17)10-4-1-8(2-5-10)11-7-9(13(19)20)3-6-12(11)18/h1-7H,(H,19,20). The molecule has 0 radical (unpaired) electrons. The summed E-state index contributed by atoms with van der Waals surface area (Å²) in [6.07, 6.45) is -4.38. The van der Waals surface area contributed by atoms with Gasteiger partial charge >= 0.3 is 12.1 Å². The van der Waals surface area contributed by atoms with Crippen molar-refractivity contribution in [2.75, 3.05) is 0 Å². The molecule has 0 aliphatic rings. The van der Waals surface area contributed by atoms with Gasteiger partial charge in [-0.2, -0.15) is 13.2 Å². The third kappa shape index (κ3) is 3.12. The van der Waals surface area contributed by atoms with Crippen LogP contribution >= 0.6 is 22.6 Å². The molecule has 0 saturated carbocycles. The summed E-state index contributed by atoms with van der Waals surface area (Å²) in [7, 11) is 0. The molecule has 2 aromatic rings. The van der Waals surface area contributed by atoms with Crippen molar-refractivity contribution in [3.8, 4) is 11.1 Å². The van der Waals surface area contributed by atoms with Crippen LogP contribution in [0.5, 0.6) is 0 Å². The van der Waals surface area contributed by atoms with Gasteiger partial charge in [0.15, 0.2) is 0 Å². The first-order valence-corrected chi connectivity index (χ1v) is 6.57. The Morgan fingerprint density at radius 1 is 1.05 bits per heavy atom. The SMILES string of the molecule is O=C(O)c1ccc(I)c(-c2ccc(C(F)(F)F)cc2)c1. The number of hydrogen-bond acceptors (Lipinski definition) is 1. The number of rotatable bonds is 2. The lowest BCUT2D eigenvalue weighted by Crippen LogP contribution is -2.04. The minimum Gasteiger partial charge on any atom is -0.478 e. The van der Waals surface area contributed by atoms with E-state index in [4.69, 9.17) is 5.11 Å². The molecule has 6 heteroatoms. The predicted molar refractivity (Wildman–Crippen MR) is 76.6 cm³/mol. The molecule has 0 spiro atoms. The zero-order valence-corrected chi connectivity index (χ0v) is 12.1. The van der Waals surface area contributed by atoms with Gasteiger partial charge in [0.1, 0.15) is 0 Å². The minimum atomic E-state index is -4.38. The second-order valence-corrected chi connectivity index (χ2v) is 5.24. The van der Waals surface area contributed by atoms with Crippen LogP contribution in [0.3, 0.4) is 0 Å². The van der Waals surface area contributed by atoms with Crippen LogP contribution in [-0.4, -0.2) is 11.1 Å². The van der Waals surface area contributed by atoms with E-state index in [0.717, 1.165) is 15.7 Å². The maximum Gasteiger partial charge on any atom is 0.416 e. The monoisotopic (exact) mass is 392 g/mol. The van der Waals surface area contributed by atoms with Crippen molar-refractivity contribution in [2.24, 2.45) is 0 Å². The van der Waals surface area contributed by atoms with Gasteiger partial charge in [-0.25, -0.2) is 4.79 Å². The first-order chi connectivity index (χ1) is 9.29. The van der Waals surface area contributed by atoms with Crippen LogP contribution in [0, 0.1) is 3.57 Å². The molecular weight excluding hydrogens is 384 g/mol. The average Bonchev–Trinajstić information content (AvgIpc) is 2.38. The van der Waals surface area contributed by atoms with Gasteiger partial charge < -0.3 is 5.11 Å². The van der Waals surface area contributed by atoms with Crippen LogP contribution in [0.15, 0.2) is 42.5 Å². The minimum absolute atomic E-state index is 0.0975. The lowest BCUT2D eigenvalue weighted by atomic mass is 10.0. The molecule has 104 valence electrons. The number of carboxylic acids is 1. The molecule has 2 aromatic carbocycles. The van der Waals surface area contributed by atoms with Gasteiger partial charge in [0.25, 0.3) is 0 Å².